The van der Waals surface area contributed by atoms with Crippen LogP contribution in [0, 0.1) is 5.82 Å². The van der Waals surface area contributed by atoms with E-state index in [0.717, 1.165) is 10.8 Å². The fourth-order valence-corrected chi connectivity index (χ4v) is 3.42. The quantitative estimate of drug-likeness (QED) is 0.714. The van der Waals surface area contributed by atoms with Gasteiger partial charge in [0.05, 0.1) is 13.0 Å². The van der Waals surface area contributed by atoms with Crippen molar-refractivity contribution < 1.29 is 18.7 Å². The molecule has 3 aromatic rings. The Hall–Kier alpha value is -3.34. The Morgan fingerprint density at radius 1 is 1.04 bits per heavy atom. The minimum Gasteiger partial charge on any atom is -0.465 e. The van der Waals surface area contributed by atoms with E-state index in [9.17, 15) is 9.18 Å². The van der Waals surface area contributed by atoms with Gasteiger partial charge >= 0.3 is 5.97 Å². The molecule has 5 heteroatoms. The van der Waals surface area contributed by atoms with Crippen LogP contribution in [-0.2, 0) is 9.53 Å². The fourth-order valence-electron chi connectivity index (χ4n) is 3.42. The maximum Gasteiger partial charge on any atom is 0.340 e. The predicted molar refractivity (Wildman–Crippen MR) is 96.0 cm³/mol. The molecule has 0 fully saturated rings. The van der Waals surface area contributed by atoms with E-state index in [1.54, 1.807) is 18.2 Å². The topological polar surface area (TPSA) is 61.5 Å². The molecule has 1 atom stereocenters. The van der Waals surface area contributed by atoms with Gasteiger partial charge in [0.25, 0.3) is 0 Å². The number of hydrogen-bond acceptors (Lipinski definition) is 4. The van der Waals surface area contributed by atoms with Crippen LogP contribution in [-0.4, -0.2) is 13.1 Å². The fraction of sp³-hybridized carbons (Fsp3) is 0.0952. The Morgan fingerprint density at radius 3 is 2.54 bits per heavy atom. The Kier molecular flexibility index (Phi) is 3.84. The van der Waals surface area contributed by atoms with Crippen LogP contribution in [0.1, 0.15) is 17.0 Å². The molecule has 0 saturated carbocycles. The van der Waals surface area contributed by atoms with Crippen LogP contribution >= 0.6 is 0 Å². The van der Waals surface area contributed by atoms with Crippen molar-refractivity contribution in [1.29, 1.82) is 0 Å². The zero-order valence-electron chi connectivity index (χ0n) is 14.0. The number of esters is 1. The predicted octanol–water partition coefficient (Wildman–Crippen LogP) is 3.85. The van der Waals surface area contributed by atoms with E-state index in [4.69, 9.17) is 15.2 Å². The summed E-state index contributed by atoms with van der Waals surface area (Å²) in [4.78, 5) is 12.4. The minimum atomic E-state index is -0.711. The van der Waals surface area contributed by atoms with Crippen LogP contribution < -0.4 is 10.5 Å². The largest absolute Gasteiger partial charge is 0.465 e. The van der Waals surface area contributed by atoms with E-state index >= 15 is 0 Å². The van der Waals surface area contributed by atoms with Crippen LogP contribution in [0.4, 0.5) is 4.39 Å². The Labute approximate surface area is 149 Å². The number of rotatable bonds is 2. The van der Waals surface area contributed by atoms with Crippen LogP contribution in [0.15, 0.2) is 72.1 Å². The highest BCUT2D eigenvalue weighted by Crippen LogP contribution is 2.46. The first kappa shape index (κ1) is 16.1. The summed E-state index contributed by atoms with van der Waals surface area (Å²) in [5.74, 6) is -1.32. The maximum absolute atomic E-state index is 14.6. The highest BCUT2D eigenvalue weighted by molar-refractivity contribution is 5.96. The molecule has 0 spiro atoms. The van der Waals surface area contributed by atoms with Crippen molar-refractivity contribution in [3.63, 3.8) is 0 Å². The van der Waals surface area contributed by atoms with Crippen LogP contribution in [0.2, 0.25) is 0 Å². The molecule has 0 unspecified atom stereocenters. The molecule has 0 amide bonds. The second-order valence-electron chi connectivity index (χ2n) is 6.03. The number of hydrogen-bond donors (Lipinski definition) is 1. The molecule has 3 aromatic carbocycles. The zero-order valence-corrected chi connectivity index (χ0v) is 14.0. The number of halogens is 1. The van der Waals surface area contributed by atoms with Gasteiger partial charge in [0, 0.05) is 16.5 Å². The maximum atomic E-state index is 14.6. The second kappa shape index (κ2) is 6.19. The zero-order chi connectivity index (χ0) is 18.3. The summed E-state index contributed by atoms with van der Waals surface area (Å²) in [5, 5.41) is 1.81. The van der Waals surface area contributed by atoms with Crippen molar-refractivity contribution >= 4 is 16.7 Å². The monoisotopic (exact) mass is 349 g/mol. The first-order valence-electron chi connectivity index (χ1n) is 8.13. The van der Waals surface area contributed by atoms with Crippen LogP contribution in [0.5, 0.6) is 5.75 Å². The Morgan fingerprint density at radius 2 is 1.77 bits per heavy atom. The molecule has 130 valence electrons. The molecule has 2 N–H and O–H groups in total. The minimum absolute atomic E-state index is 0.0750. The molecule has 1 heterocycles. The normalized spacial score (nSPS) is 16.2. The molecular weight excluding hydrogens is 333 g/mol. The summed E-state index contributed by atoms with van der Waals surface area (Å²) in [5.41, 5.74) is 7.18. The van der Waals surface area contributed by atoms with Crippen LogP contribution in [0.3, 0.4) is 0 Å². The summed E-state index contributed by atoms with van der Waals surface area (Å²) in [6, 6.07) is 17.7. The lowest BCUT2D eigenvalue weighted by Crippen LogP contribution is -2.27. The molecule has 0 aliphatic carbocycles. The third-order valence-corrected chi connectivity index (χ3v) is 4.61. The molecule has 26 heavy (non-hydrogen) atoms. The molecule has 1 aliphatic rings. The number of ether oxygens (including phenoxy) is 2. The summed E-state index contributed by atoms with van der Waals surface area (Å²) < 4.78 is 25.3. The number of methoxy groups -OCH3 is 1. The molecule has 0 bridgehead atoms. The SMILES string of the molecule is COC(=O)C1=C(N)Oc2c(ccc3ccccc23)[C@H]1c1ccccc1F. The number of nitrogens with two attached hydrogens (primary N) is 1. The smallest absolute Gasteiger partial charge is 0.340 e. The van der Waals surface area contributed by atoms with E-state index < -0.39 is 17.7 Å². The average Bonchev–Trinajstić information content (AvgIpc) is 2.67. The van der Waals surface area contributed by atoms with Gasteiger partial charge in [-0.05, 0) is 11.5 Å². The molecule has 4 nitrogen and oxygen atoms in total. The van der Waals surface area contributed by atoms with Gasteiger partial charge in [0.1, 0.15) is 17.1 Å². The number of benzene rings is 3. The molecule has 0 aromatic heterocycles. The van der Waals surface area contributed by atoms with Gasteiger partial charge in [-0.3, -0.25) is 0 Å². The Balaban J connectivity index is 2.04. The molecule has 0 saturated heterocycles. The average molecular weight is 349 g/mol. The number of fused-ring (bicyclic) bond motifs is 3. The first-order valence-corrected chi connectivity index (χ1v) is 8.13. The second-order valence-corrected chi connectivity index (χ2v) is 6.03. The summed E-state index contributed by atoms with van der Waals surface area (Å²) in [6.07, 6.45) is 0. The van der Waals surface area contributed by atoms with Gasteiger partial charge in [-0.1, -0.05) is 54.6 Å². The molecule has 0 radical (unpaired) electrons. The van der Waals surface area contributed by atoms with Gasteiger partial charge in [-0.15, -0.1) is 0 Å². The van der Waals surface area contributed by atoms with Gasteiger partial charge in [0.15, 0.2) is 0 Å². The van der Waals surface area contributed by atoms with Crippen molar-refractivity contribution in [2.75, 3.05) is 7.11 Å². The van der Waals surface area contributed by atoms with Crippen molar-refractivity contribution in [3.05, 3.63) is 89.1 Å². The van der Waals surface area contributed by atoms with E-state index in [0.29, 0.717) is 16.9 Å². The highest BCUT2D eigenvalue weighted by Gasteiger charge is 2.37. The van der Waals surface area contributed by atoms with Crippen molar-refractivity contribution in [2.24, 2.45) is 5.73 Å². The van der Waals surface area contributed by atoms with Crippen LogP contribution in [0.25, 0.3) is 10.8 Å². The summed E-state index contributed by atoms with van der Waals surface area (Å²) in [7, 11) is 1.26. The van der Waals surface area contributed by atoms with Crippen molar-refractivity contribution in [3.8, 4) is 5.75 Å². The highest BCUT2D eigenvalue weighted by atomic mass is 19.1. The van der Waals surface area contributed by atoms with E-state index in [-0.39, 0.29) is 11.5 Å². The van der Waals surface area contributed by atoms with Crippen molar-refractivity contribution in [1.82, 2.24) is 0 Å². The standard InChI is InChI=1S/C21H16FNO3/c1-25-21(24)18-17(14-8-4-5-9-16(14)22)15-11-10-12-6-2-3-7-13(12)19(15)26-20(18)23/h2-11,17H,23H2,1H3/t17-/m1/s1. The molecular formula is C21H16FNO3. The lowest BCUT2D eigenvalue weighted by atomic mass is 9.81. The molecule has 4 rings (SSSR count). The third-order valence-electron chi connectivity index (χ3n) is 4.61. The van der Waals surface area contributed by atoms with Gasteiger partial charge in [0.2, 0.25) is 5.88 Å². The molecule has 1 aliphatic heterocycles. The van der Waals surface area contributed by atoms with E-state index in [2.05, 4.69) is 0 Å². The lowest BCUT2D eigenvalue weighted by Gasteiger charge is -2.29. The third kappa shape index (κ3) is 2.40. The van der Waals surface area contributed by atoms with Crippen molar-refractivity contribution in [2.45, 2.75) is 5.92 Å². The first-order chi connectivity index (χ1) is 12.6. The number of carbonyl (C=O) groups is 1. The van der Waals surface area contributed by atoms with Gasteiger partial charge in [-0.25, -0.2) is 9.18 Å². The van der Waals surface area contributed by atoms with Gasteiger partial charge in [-0.2, -0.15) is 0 Å². The Bertz CT molecular complexity index is 1060. The van der Waals surface area contributed by atoms with E-state index in [1.165, 1.54) is 13.2 Å². The van der Waals surface area contributed by atoms with Gasteiger partial charge < -0.3 is 15.2 Å². The van der Waals surface area contributed by atoms with E-state index in [1.807, 2.05) is 36.4 Å². The number of carbonyl (C=O) groups excluding carboxylic acids is 1. The summed E-state index contributed by atoms with van der Waals surface area (Å²) >= 11 is 0. The lowest BCUT2D eigenvalue weighted by molar-refractivity contribution is -0.136. The summed E-state index contributed by atoms with van der Waals surface area (Å²) in [6.45, 7) is 0.